The highest BCUT2D eigenvalue weighted by Crippen LogP contribution is 2.33. The highest BCUT2D eigenvalue weighted by molar-refractivity contribution is 7.85. The first-order valence-electron chi connectivity index (χ1n) is 6.36. The predicted octanol–water partition coefficient (Wildman–Crippen LogP) is 2.53. The lowest BCUT2D eigenvalue weighted by atomic mass is 10.0. The van der Waals surface area contributed by atoms with Gasteiger partial charge in [-0.3, -0.25) is 4.55 Å². The van der Waals surface area contributed by atoms with E-state index in [1.807, 2.05) is 5.38 Å². The van der Waals surface area contributed by atoms with E-state index in [2.05, 4.69) is 6.07 Å². The van der Waals surface area contributed by atoms with Crippen molar-refractivity contribution in [2.24, 2.45) is 0 Å². The minimum absolute atomic E-state index is 0.188. The molecule has 0 bridgehead atoms. The number of rotatable bonds is 6. The number of nitriles is 1. The fourth-order valence-electron chi connectivity index (χ4n) is 1.86. The summed E-state index contributed by atoms with van der Waals surface area (Å²) < 4.78 is 35.1. The molecule has 0 saturated heterocycles. The lowest BCUT2D eigenvalue weighted by molar-refractivity contribution is 0.316. The molecule has 2 rings (SSSR count). The van der Waals surface area contributed by atoms with Crippen LogP contribution >= 0.6 is 11.3 Å². The van der Waals surface area contributed by atoms with Gasteiger partial charge in [-0.2, -0.15) is 13.7 Å². The number of nitrogens with zero attached hydrogens (tertiary/aromatic N) is 1. The second-order valence-corrected chi connectivity index (χ2v) is 7.00. The van der Waals surface area contributed by atoms with Crippen molar-refractivity contribution in [1.82, 2.24) is 0 Å². The number of hydrogen-bond acceptors (Lipinski definition) is 6. The Morgan fingerprint density at radius 3 is 2.59 bits per heavy atom. The third-order valence-corrected chi connectivity index (χ3v) is 4.53. The summed E-state index contributed by atoms with van der Waals surface area (Å²) in [5.74, 6) is 0.255. The molecule has 0 saturated carbocycles. The maximum atomic E-state index is 10.6. The second-order valence-electron chi connectivity index (χ2n) is 4.51. The van der Waals surface area contributed by atoms with Crippen LogP contribution in [-0.4, -0.2) is 25.3 Å². The quantitative estimate of drug-likeness (QED) is 0.618. The van der Waals surface area contributed by atoms with E-state index in [0.717, 1.165) is 11.1 Å². The lowest BCUT2D eigenvalue weighted by Crippen LogP contribution is -2.08. The van der Waals surface area contributed by atoms with Crippen LogP contribution in [0.15, 0.2) is 29.6 Å². The normalized spacial score (nSPS) is 11.1. The lowest BCUT2D eigenvalue weighted by Gasteiger charge is -2.06. The van der Waals surface area contributed by atoms with Crippen LogP contribution in [0.4, 0.5) is 5.00 Å². The van der Waals surface area contributed by atoms with Gasteiger partial charge in [-0.1, -0.05) is 12.1 Å². The van der Waals surface area contributed by atoms with Gasteiger partial charge in [-0.25, -0.2) is 0 Å². The van der Waals surface area contributed by atoms with Crippen molar-refractivity contribution in [1.29, 1.82) is 5.26 Å². The molecule has 6 nitrogen and oxygen atoms in total. The molecule has 0 spiro atoms. The summed E-state index contributed by atoms with van der Waals surface area (Å²) in [6.45, 7) is 0.188. The predicted molar refractivity (Wildman–Crippen MR) is 85.4 cm³/mol. The third kappa shape index (κ3) is 4.21. The van der Waals surface area contributed by atoms with Gasteiger partial charge in [0.25, 0.3) is 10.1 Å². The standard InChI is InChI=1S/C14H14N2O4S2/c15-8-12-13(9-21-14(12)16)10-2-4-11(5-3-10)20-6-1-7-22(17,18)19/h2-5,9H,1,6-7,16H2,(H,17,18,19). The summed E-state index contributed by atoms with van der Waals surface area (Å²) in [6, 6.07) is 9.17. The molecule has 116 valence electrons. The first kappa shape index (κ1) is 16.3. The molecule has 8 heteroatoms. The van der Waals surface area contributed by atoms with Crippen molar-refractivity contribution in [3.8, 4) is 22.9 Å². The van der Waals surface area contributed by atoms with E-state index >= 15 is 0 Å². The number of anilines is 1. The van der Waals surface area contributed by atoms with Crippen molar-refractivity contribution in [3.63, 3.8) is 0 Å². The van der Waals surface area contributed by atoms with Crippen LogP contribution in [0.3, 0.4) is 0 Å². The number of benzene rings is 1. The SMILES string of the molecule is N#Cc1c(-c2ccc(OCCCS(=O)(=O)O)cc2)csc1N. The molecular formula is C14H14N2O4S2. The summed E-state index contributed by atoms with van der Waals surface area (Å²) in [5, 5.41) is 11.4. The molecule has 0 aliphatic heterocycles. The fraction of sp³-hybridized carbons (Fsp3) is 0.214. The van der Waals surface area contributed by atoms with Crippen molar-refractivity contribution >= 4 is 26.5 Å². The maximum absolute atomic E-state index is 10.6. The van der Waals surface area contributed by atoms with Crippen LogP contribution in [0.2, 0.25) is 0 Å². The molecule has 0 radical (unpaired) electrons. The van der Waals surface area contributed by atoms with Gasteiger partial charge in [0, 0.05) is 10.9 Å². The van der Waals surface area contributed by atoms with Gasteiger partial charge in [0.15, 0.2) is 0 Å². The molecule has 3 N–H and O–H groups in total. The minimum Gasteiger partial charge on any atom is -0.494 e. The molecule has 22 heavy (non-hydrogen) atoms. The molecule has 0 unspecified atom stereocenters. The molecule has 1 aromatic heterocycles. The van der Waals surface area contributed by atoms with Crippen LogP contribution < -0.4 is 10.5 Å². The van der Waals surface area contributed by atoms with Gasteiger partial charge in [0.2, 0.25) is 0 Å². The summed E-state index contributed by atoms with van der Waals surface area (Å²) >= 11 is 1.32. The molecule has 0 amide bonds. The fourth-order valence-corrected chi connectivity index (χ4v) is 3.12. The van der Waals surface area contributed by atoms with E-state index in [1.54, 1.807) is 24.3 Å². The molecule has 0 atom stereocenters. The van der Waals surface area contributed by atoms with Gasteiger partial charge in [-0.15, -0.1) is 11.3 Å². The Kier molecular flexibility index (Phi) is 5.03. The zero-order valence-electron chi connectivity index (χ0n) is 11.5. The van der Waals surface area contributed by atoms with Gasteiger partial charge < -0.3 is 10.5 Å². The van der Waals surface area contributed by atoms with Gasteiger partial charge in [0.1, 0.15) is 16.8 Å². The number of thiophene rings is 1. The van der Waals surface area contributed by atoms with Gasteiger partial charge in [0.05, 0.1) is 17.9 Å². The second kappa shape index (κ2) is 6.79. The molecule has 2 aromatic rings. The maximum Gasteiger partial charge on any atom is 0.264 e. The summed E-state index contributed by atoms with van der Waals surface area (Å²) in [5.41, 5.74) is 7.84. The van der Waals surface area contributed by atoms with Crippen LogP contribution in [0.1, 0.15) is 12.0 Å². The molecular weight excluding hydrogens is 324 g/mol. The van der Waals surface area contributed by atoms with Crippen LogP contribution in [0.25, 0.3) is 11.1 Å². The molecule has 0 aliphatic rings. The van der Waals surface area contributed by atoms with Crippen LogP contribution in [-0.2, 0) is 10.1 Å². The van der Waals surface area contributed by atoms with E-state index in [0.29, 0.717) is 16.3 Å². The third-order valence-electron chi connectivity index (χ3n) is 2.91. The Morgan fingerprint density at radius 1 is 1.32 bits per heavy atom. The molecule has 1 heterocycles. The molecule has 0 aliphatic carbocycles. The highest BCUT2D eigenvalue weighted by Gasteiger charge is 2.11. The minimum atomic E-state index is -3.95. The first-order chi connectivity index (χ1) is 10.4. The molecule has 0 fully saturated rings. The monoisotopic (exact) mass is 338 g/mol. The Morgan fingerprint density at radius 2 is 2.00 bits per heavy atom. The Bertz CT molecular complexity index is 789. The Balaban J connectivity index is 2.00. The van der Waals surface area contributed by atoms with Crippen molar-refractivity contribution in [2.45, 2.75) is 6.42 Å². The average Bonchev–Trinajstić information content (AvgIpc) is 2.84. The van der Waals surface area contributed by atoms with Gasteiger partial charge in [-0.05, 0) is 24.1 Å². The average molecular weight is 338 g/mol. The summed E-state index contributed by atoms with van der Waals surface area (Å²) in [6.07, 6.45) is 0.209. The number of hydrogen-bond donors (Lipinski definition) is 2. The van der Waals surface area contributed by atoms with Gasteiger partial charge >= 0.3 is 0 Å². The van der Waals surface area contributed by atoms with E-state index in [-0.39, 0.29) is 18.8 Å². The number of nitrogen functional groups attached to an aromatic ring is 1. The summed E-state index contributed by atoms with van der Waals surface area (Å²) in [4.78, 5) is 0. The smallest absolute Gasteiger partial charge is 0.264 e. The zero-order valence-corrected chi connectivity index (χ0v) is 13.2. The summed E-state index contributed by atoms with van der Waals surface area (Å²) in [7, 11) is -3.95. The first-order valence-corrected chi connectivity index (χ1v) is 8.85. The number of ether oxygens (including phenoxy) is 1. The largest absolute Gasteiger partial charge is 0.494 e. The Hall–Kier alpha value is -2.08. The highest BCUT2D eigenvalue weighted by atomic mass is 32.2. The topological polar surface area (TPSA) is 113 Å². The van der Waals surface area contributed by atoms with Crippen molar-refractivity contribution in [2.75, 3.05) is 18.1 Å². The molecule has 1 aromatic carbocycles. The van der Waals surface area contributed by atoms with Crippen molar-refractivity contribution in [3.05, 3.63) is 35.2 Å². The Labute approximate surface area is 132 Å². The van der Waals surface area contributed by atoms with E-state index in [9.17, 15) is 8.42 Å². The zero-order chi connectivity index (χ0) is 16.2. The van der Waals surface area contributed by atoms with Crippen LogP contribution in [0, 0.1) is 11.3 Å². The van der Waals surface area contributed by atoms with E-state index in [1.165, 1.54) is 11.3 Å². The van der Waals surface area contributed by atoms with Crippen LogP contribution in [0.5, 0.6) is 5.75 Å². The van der Waals surface area contributed by atoms with E-state index < -0.39 is 10.1 Å². The number of nitrogens with two attached hydrogens (primary N) is 1. The van der Waals surface area contributed by atoms with E-state index in [4.69, 9.17) is 20.3 Å². The van der Waals surface area contributed by atoms with Crippen molar-refractivity contribution < 1.29 is 17.7 Å².